The Morgan fingerprint density at radius 3 is 2.90 bits per heavy atom. The number of aromatic amines is 1. The van der Waals surface area contributed by atoms with Gasteiger partial charge in [0.15, 0.2) is 0 Å². The molecule has 6 heteroatoms. The predicted molar refractivity (Wildman–Crippen MR) is 80.3 cm³/mol. The molecule has 3 heterocycles. The number of nitrogens with one attached hydrogen (secondary N) is 1. The van der Waals surface area contributed by atoms with Gasteiger partial charge in [-0.1, -0.05) is 25.4 Å². The quantitative estimate of drug-likeness (QED) is 0.824. The van der Waals surface area contributed by atoms with E-state index >= 15 is 0 Å². The van der Waals surface area contributed by atoms with Gasteiger partial charge in [0.05, 0.1) is 6.20 Å². The molecule has 0 radical (unpaired) electrons. The van der Waals surface area contributed by atoms with Crippen molar-refractivity contribution >= 4 is 17.5 Å². The fourth-order valence-corrected chi connectivity index (χ4v) is 3.16. The molecule has 21 heavy (non-hydrogen) atoms. The Morgan fingerprint density at radius 1 is 1.43 bits per heavy atom. The van der Waals surface area contributed by atoms with E-state index in [1.807, 2.05) is 11.8 Å². The van der Waals surface area contributed by atoms with Crippen LogP contribution in [0, 0.1) is 6.92 Å². The number of nitrogens with zero attached hydrogens (tertiary/aromatic N) is 3. The lowest BCUT2D eigenvalue weighted by Gasteiger charge is -2.37. The fraction of sp³-hybridized carbons (Fsp3) is 0.400. The largest absolute Gasteiger partial charge is 0.333 e. The fourth-order valence-electron chi connectivity index (χ4n) is 2.91. The lowest BCUT2D eigenvalue weighted by molar-refractivity contribution is 0.0684. The van der Waals surface area contributed by atoms with Crippen LogP contribution in [-0.2, 0) is 12.0 Å². The first-order chi connectivity index (χ1) is 9.87. The SMILES string of the molecule is Cc1cc(C(=O)N2Cc3cn[nH]c3C(C)(C)C2)cc(Cl)n1. The van der Waals surface area contributed by atoms with Crippen LogP contribution in [0.1, 0.15) is 41.2 Å². The van der Waals surface area contributed by atoms with Crippen molar-refractivity contribution in [3.63, 3.8) is 0 Å². The minimum atomic E-state index is -0.147. The van der Waals surface area contributed by atoms with Crippen LogP contribution in [0.5, 0.6) is 0 Å². The summed E-state index contributed by atoms with van der Waals surface area (Å²) in [7, 11) is 0. The van der Waals surface area contributed by atoms with Gasteiger partial charge in [-0.05, 0) is 19.1 Å². The zero-order valence-corrected chi connectivity index (χ0v) is 13.0. The molecule has 3 rings (SSSR count). The number of carbonyl (C=O) groups excluding carboxylic acids is 1. The van der Waals surface area contributed by atoms with Crippen molar-refractivity contribution in [2.75, 3.05) is 6.54 Å². The number of hydrogen-bond acceptors (Lipinski definition) is 3. The molecule has 0 fully saturated rings. The molecule has 1 aliphatic heterocycles. The highest BCUT2D eigenvalue weighted by atomic mass is 35.5. The van der Waals surface area contributed by atoms with Crippen molar-refractivity contribution in [3.8, 4) is 0 Å². The number of amides is 1. The van der Waals surface area contributed by atoms with E-state index in [2.05, 4.69) is 29.0 Å². The third-order valence-electron chi connectivity index (χ3n) is 3.80. The van der Waals surface area contributed by atoms with E-state index in [0.29, 0.717) is 23.8 Å². The van der Waals surface area contributed by atoms with Gasteiger partial charge >= 0.3 is 0 Å². The van der Waals surface area contributed by atoms with Crippen molar-refractivity contribution in [2.45, 2.75) is 32.7 Å². The van der Waals surface area contributed by atoms with E-state index in [4.69, 9.17) is 11.6 Å². The maximum atomic E-state index is 12.7. The number of aryl methyl sites for hydroxylation is 1. The molecule has 0 atom stereocenters. The molecule has 0 saturated carbocycles. The number of hydrogen-bond donors (Lipinski definition) is 1. The van der Waals surface area contributed by atoms with Crippen LogP contribution < -0.4 is 0 Å². The molecular weight excluding hydrogens is 288 g/mol. The second kappa shape index (κ2) is 4.84. The molecule has 2 aromatic rings. The maximum Gasteiger partial charge on any atom is 0.254 e. The van der Waals surface area contributed by atoms with Gasteiger partial charge in [-0.3, -0.25) is 9.89 Å². The summed E-state index contributed by atoms with van der Waals surface area (Å²) in [6.45, 7) is 7.24. The molecule has 0 bridgehead atoms. The van der Waals surface area contributed by atoms with Crippen molar-refractivity contribution < 1.29 is 4.79 Å². The number of halogens is 1. The van der Waals surface area contributed by atoms with E-state index in [1.165, 1.54) is 0 Å². The number of rotatable bonds is 1. The Balaban J connectivity index is 1.93. The average molecular weight is 305 g/mol. The van der Waals surface area contributed by atoms with Gasteiger partial charge in [-0.2, -0.15) is 5.10 Å². The zero-order valence-electron chi connectivity index (χ0n) is 12.3. The van der Waals surface area contributed by atoms with Crippen LogP contribution >= 0.6 is 11.6 Å². The Morgan fingerprint density at radius 2 is 2.19 bits per heavy atom. The van der Waals surface area contributed by atoms with Gasteiger partial charge in [0.2, 0.25) is 0 Å². The van der Waals surface area contributed by atoms with E-state index in [1.54, 1.807) is 18.3 Å². The lowest BCUT2D eigenvalue weighted by atomic mass is 9.83. The van der Waals surface area contributed by atoms with Gasteiger partial charge in [0.1, 0.15) is 5.15 Å². The smallest absolute Gasteiger partial charge is 0.254 e. The monoisotopic (exact) mass is 304 g/mol. The minimum Gasteiger partial charge on any atom is -0.333 e. The molecular formula is C15H17ClN4O. The Kier molecular flexibility index (Phi) is 3.24. The molecule has 0 aliphatic carbocycles. The second-order valence-corrected chi connectivity index (χ2v) is 6.52. The minimum absolute atomic E-state index is 0.0256. The van der Waals surface area contributed by atoms with E-state index < -0.39 is 0 Å². The Labute approximate surface area is 128 Å². The molecule has 2 aromatic heterocycles. The molecule has 110 valence electrons. The number of aromatic nitrogens is 3. The molecule has 5 nitrogen and oxygen atoms in total. The van der Waals surface area contributed by atoms with Crippen molar-refractivity contribution in [1.82, 2.24) is 20.1 Å². The molecule has 1 aliphatic rings. The summed E-state index contributed by atoms with van der Waals surface area (Å²) in [5, 5.41) is 7.49. The maximum absolute atomic E-state index is 12.7. The van der Waals surface area contributed by atoms with Gasteiger partial charge < -0.3 is 4.90 Å². The Bertz CT molecular complexity index is 687. The van der Waals surface area contributed by atoms with Crippen molar-refractivity contribution in [1.29, 1.82) is 0 Å². The summed E-state index contributed by atoms with van der Waals surface area (Å²) < 4.78 is 0. The van der Waals surface area contributed by atoms with Crippen LogP contribution in [0.3, 0.4) is 0 Å². The summed E-state index contributed by atoms with van der Waals surface area (Å²) >= 11 is 5.96. The lowest BCUT2D eigenvalue weighted by Crippen LogP contribution is -2.45. The highest BCUT2D eigenvalue weighted by Gasteiger charge is 2.35. The number of pyridine rings is 1. The van der Waals surface area contributed by atoms with Gasteiger partial charge in [-0.15, -0.1) is 0 Å². The molecule has 0 aromatic carbocycles. The molecule has 0 saturated heterocycles. The van der Waals surface area contributed by atoms with Crippen LogP contribution in [-0.4, -0.2) is 32.5 Å². The molecule has 0 spiro atoms. The normalized spacial score (nSPS) is 16.7. The predicted octanol–water partition coefficient (Wildman–Crippen LogP) is 2.70. The highest BCUT2D eigenvalue weighted by Crippen LogP contribution is 2.32. The van der Waals surface area contributed by atoms with E-state index in [-0.39, 0.29) is 11.3 Å². The molecule has 0 unspecified atom stereocenters. The number of carbonyl (C=O) groups is 1. The summed E-state index contributed by atoms with van der Waals surface area (Å²) in [4.78, 5) is 18.7. The summed E-state index contributed by atoms with van der Waals surface area (Å²) in [6, 6.07) is 3.39. The van der Waals surface area contributed by atoms with Crippen molar-refractivity contribution in [2.24, 2.45) is 0 Å². The summed E-state index contributed by atoms with van der Waals surface area (Å²) in [6.07, 6.45) is 1.79. The standard InChI is InChI=1S/C15H17ClN4O/c1-9-4-10(5-12(16)18-9)14(21)20-7-11-6-17-19-13(11)15(2,3)8-20/h4-6H,7-8H2,1-3H3,(H,17,19). The van der Waals surface area contributed by atoms with Crippen LogP contribution in [0.15, 0.2) is 18.3 Å². The first-order valence-corrected chi connectivity index (χ1v) is 7.21. The van der Waals surface area contributed by atoms with Gasteiger partial charge in [-0.25, -0.2) is 4.98 Å². The second-order valence-electron chi connectivity index (χ2n) is 6.14. The topological polar surface area (TPSA) is 61.9 Å². The van der Waals surface area contributed by atoms with Gasteiger partial charge in [0, 0.05) is 41.0 Å². The third-order valence-corrected chi connectivity index (χ3v) is 3.99. The van der Waals surface area contributed by atoms with Crippen LogP contribution in [0.4, 0.5) is 0 Å². The Hall–Kier alpha value is -1.88. The third kappa shape index (κ3) is 2.53. The number of fused-ring (bicyclic) bond motifs is 1. The van der Waals surface area contributed by atoms with Crippen LogP contribution in [0.25, 0.3) is 0 Å². The first kappa shape index (κ1) is 14.1. The first-order valence-electron chi connectivity index (χ1n) is 6.83. The van der Waals surface area contributed by atoms with Crippen LogP contribution in [0.2, 0.25) is 5.15 Å². The highest BCUT2D eigenvalue weighted by molar-refractivity contribution is 6.29. The zero-order chi connectivity index (χ0) is 15.2. The summed E-state index contributed by atoms with van der Waals surface area (Å²) in [5.41, 5.74) is 3.35. The van der Waals surface area contributed by atoms with Crippen molar-refractivity contribution in [3.05, 3.63) is 46.0 Å². The van der Waals surface area contributed by atoms with E-state index in [0.717, 1.165) is 17.0 Å². The summed E-state index contributed by atoms with van der Waals surface area (Å²) in [5.74, 6) is -0.0256. The van der Waals surface area contributed by atoms with E-state index in [9.17, 15) is 4.79 Å². The van der Waals surface area contributed by atoms with Gasteiger partial charge in [0.25, 0.3) is 5.91 Å². The number of H-pyrrole nitrogens is 1. The molecule has 1 N–H and O–H groups in total. The average Bonchev–Trinajstić information content (AvgIpc) is 2.85. The molecule has 1 amide bonds.